The van der Waals surface area contributed by atoms with Crippen molar-refractivity contribution in [3.8, 4) is 22.9 Å². The van der Waals surface area contributed by atoms with Gasteiger partial charge in [-0.25, -0.2) is 4.98 Å². The molecule has 0 saturated heterocycles. The number of imidazole rings is 1. The van der Waals surface area contributed by atoms with Gasteiger partial charge < -0.3 is 14.2 Å². The molecule has 0 N–H and O–H groups in total. The Balaban J connectivity index is 1.53. The maximum atomic E-state index is 13.8. The summed E-state index contributed by atoms with van der Waals surface area (Å²) in [5.74, 6) is 0.463. The van der Waals surface area contributed by atoms with Gasteiger partial charge in [0.15, 0.2) is 0 Å². The molecule has 0 spiro atoms. The first-order valence-electron chi connectivity index (χ1n) is 12.3. The molecular formula is C28H29N7O2. The molecule has 4 heterocycles. The summed E-state index contributed by atoms with van der Waals surface area (Å²) in [5.41, 5.74) is 7.94. The molecule has 0 aliphatic carbocycles. The minimum Gasteiger partial charge on any atom is -0.492 e. The zero-order valence-electron chi connectivity index (χ0n) is 21.5. The van der Waals surface area contributed by atoms with E-state index in [1.165, 1.54) is 6.20 Å². The van der Waals surface area contributed by atoms with Gasteiger partial charge in [0.1, 0.15) is 17.4 Å². The topological polar surface area (TPSA) is 102 Å². The number of benzene rings is 1. The third-order valence-corrected chi connectivity index (χ3v) is 6.73. The summed E-state index contributed by atoms with van der Waals surface area (Å²) in [6, 6.07) is 8.06. The van der Waals surface area contributed by atoms with Crippen molar-refractivity contribution in [1.29, 1.82) is 5.26 Å². The van der Waals surface area contributed by atoms with E-state index in [2.05, 4.69) is 31.8 Å². The molecule has 5 rings (SSSR count). The second kappa shape index (κ2) is 9.90. The summed E-state index contributed by atoms with van der Waals surface area (Å²) in [5, 5.41) is 13.9. The minimum atomic E-state index is -0.0302. The molecule has 0 unspecified atom stereocenters. The van der Waals surface area contributed by atoms with Crippen molar-refractivity contribution in [3.63, 3.8) is 0 Å². The Morgan fingerprint density at radius 1 is 1.11 bits per heavy atom. The Morgan fingerprint density at radius 2 is 1.92 bits per heavy atom. The smallest absolute Gasteiger partial charge is 0.254 e. The van der Waals surface area contributed by atoms with Crippen LogP contribution in [0.4, 0.5) is 0 Å². The highest BCUT2D eigenvalue weighted by molar-refractivity contribution is 5.99. The summed E-state index contributed by atoms with van der Waals surface area (Å²) in [6.07, 6.45) is 7.90. The zero-order valence-corrected chi connectivity index (χ0v) is 21.5. The van der Waals surface area contributed by atoms with Gasteiger partial charge >= 0.3 is 0 Å². The molecule has 4 aromatic rings. The first kappa shape index (κ1) is 24.3. The second-order valence-electron chi connectivity index (χ2n) is 9.33. The third kappa shape index (κ3) is 4.70. The molecule has 1 aliphatic rings. The Kier molecular flexibility index (Phi) is 6.49. The number of rotatable bonds is 7. The van der Waals surface area contributed by atoms with Gasteiger partial charge in [-0.1, -0.05) is 0 Å². The Morgan fingerprint density at radius 3 is 2.59 bits per heavy atom. The summed E-state index contributed by atoms with van der Waals surface area (Å²) < 4.78 is 9.50. The monoisotopic (exact) mass is 495 g/mol. The molecule has 0 fully saturated rings. The van der Waals surface area contributed by atoms with Crippen LogP contribution in [0, 0.1) is 25.2 Å². The van der Waals surface area contributed by atoms with Crippen molar-refractivity contribution in [2.75, 3.05) is 13.2 Å². The highest BCUT2D eigenvalue weighted by Crippen LogP contribution is 2.34. The number of hydrogen-bond donors (Lipinski definition) is 0. The predicted octanol–water partition coefficient (Wildman–Crippen LogP) is 3.81. The maximum Gasteiger partial charge on any atom is 0.254 e. The molecular weight excluding hydrogens is 466 g/mol. The minimum absolute atomic E-state index is 0.0302. The fraction of sp³-hybridized carbons (Fsp3) is 0.321. The first-order chi connectivity index (χ1) is 17.9. The van der Waals surface area contributed by atoms with Gasteiger partial charge in [0.2, 0.25) is 0 Å². The molecule has 9 nitrogen and oxygen atoms in total. The van der Waals surface area contributed by atoms with Gasteiger partial charge in [-0.3, -0.25) is 14.5 Å². The summed E-state index contributed by atoms with van der Waals surface area (Å²) in [6.45, 7) is 7.87. The van der Waals surface area contributed by atoms with Crippen molar-refractivity contribution in [2.45, 2.75) is 40.3 Å². The van der Waals surface area contributed by atoms with Crippen LogP contribution >= 0.6 is 0 Å². The number of pyridine rings is 1. The Labute approximate surface area is 216 Å². The third-order valence-electron chi connectivity index (χ3n) is 6.73. The number of carbonyl (C=O) groups excluding carboxylic acids is 1. The van der Waals surface area contributed by atoms with E-state index in [0.29, 0.717) is 48.8 Å². The number of fused-ring (bicyclic) bond motifs is 1. The zero-order chi connectivity index (χ0) is 26.1. The molecule has 0 saturated carbocycles. The van der Waals surface area contributed by atoms with Crippen LogP contribution in [-0.2, 0) is 26.6 Å². The van der Waals surface area contributed by atoms with Crippen LogP contribution in [0.1, 0.15) is 51.1 Å². The molecule has 37 heavy (non-hydrogen) atoms. The van der Waals surface area contributed by atoms with Crippen molar-refractivity contribution < 1.29 is 9.53 Å². The lowest BCUT2D eigenvalue weighted by Gasteiger charge is -2.30. The molecule has 1 amide bonds. The van der Waals surface area contributed by atoms with Crippen LogP contribution in [-0.4, -0.2) is 48.3 Å². The predicted molar refractivity (Wildman–Crippen MR) is 138 cm³/mol. The van der Waals surface area contributed by atoms with Crippen LogP contribution < -0.4 is 4.74 Å². The molecule has 0 bridgehead atoms. The summed E-state index contributed by atoms with van der Waals surface area (Å²) >= 11 is 0. The number of aromatic nitrogens is 5. The lowest BCUT2D eigenvalue weighted by Crippen LogP contribution is -2.37. The van der Waals surface area contributed by atoms with Crippen molar-refractivity contribution >= 4 is 5.91 Å². The number of nitrogens with zero attached hydrogens (tertiary/aromatic N) is 7. The lowest BCUT2D eigenvalue weighted by molar-refractivity contribution is 0.0724. The number of aryl methyl sites for hydroxylation is 3. The number of amides is 1. The van der Waals surface area contributed by atoms with Crippen molar-refractivity contribution in [1.82, 2.24) is 29.2 Å². The molecule has 0 radical (unpaired) electrons. The summed E-state index contributed by atoms with van der Waals surface area (Å²) in [4.78, 5) is 24.3. The van der Waals surface area contributed by atoms with Crippen LogP contribution in [0.25, 0.3) is 11.1 Å². The number of hydrogen-bond acceptors (Lipinski definition) is 6. The van der Waals surface area contributed by atoms with E-state index in [4.69, 9.17) is 4.74 Å². The van der Waals surface area contributed by atoms with Crippen molar-refractivity contribution in [3.05, 3.63) is 82.5 Å². The maximum absolute atomic E-state index is 13.8. The number of ether oxygens (including phenoxy) is 1. The fourth-order valence-corrected chi connectivity index (χ4v) is 4.92. The van der Waals surface area contributed by atoms with Crippen LogP contribution in [0.15, 0.2) is 43.1 Å². The van der Waals surface area contributed by atoms with Gasteiger partial charge in [-0.2, -0.15) is 10.4 Å². The normalized spacial score (nSPS) is 12.9. The van der Waals surface area contributed by atoms with E-state index in [1.807, 2.05) is 62.2 Å². The SMILES string of the molecule is CCOc1cc(CN2CCc3c(cc(Cn4cncc4C)cc3-c3cn(C)nc3C)C2=O)ncc1C#N. The molecule has 9 heteroatoms. The second-order valence-corrected chi connectivity index (χ2v) is 9.33. The number of carbonyl (C=O) groups is 1. The van der Waals surface area contributed by atoms with Gasteiger partial charge in [0, 0.05) is 61.6 Å². The highest BCUT2D eigenvalue weighted by atomic mass is 16.5. The van der Waals surface area contributed by atoms with Gasteiger partial charge in [0.05, 0.1) is 30.9 Å². The van der Waals surface area contributed by atoms with Crippen LogP contribution in [0.2, 0.25) is 0 Å². The Hall–Kier alpha value is -4.45. The van der Waals surface area contributed by atoms with E-state index in [1.54, 1.807) is 6.07 Å². The molecule has 0 atom stereocenters. The van der Waals surface area contributed by atoms with E-state index in [0.717, 1.165) is 40.1 Å². The fourth-order valence-electron chi connectivity index (χ4n) is 4.92. The molecule has 3 aromatic heterocycles. The largest absolute Gasteiger partial charge is 0.492 e. The molecule has 188 valence electrons. The number of nitriles is 1. The van der Waals surface area contributed by atoms with Gasteiger partial charge in [-0.05, 0) is 56.0 Å². The highest BCUT2D eigenvalue weighted by Gasteiger charge is 2.29. The first-order valence-corrected chi connectivity index (χ1v) is 12.3. The standard InChI is InChI=1S/C28H29N7O2/c1-5-37-27-10-22(31-13-21(27)11-29)15-34-7-6-23-24(26-16-33(4)32-19(26)3)8-20(9-25(23)28(34)36)14-35-17-30-12-18(35)2/h8-10,12-13,16-17H,5-7,14-15H2,1-4H3. The van der Waals surface area contributed by atoms with E-state index >= 15 is 0 Å². The van der Waals surface area contributed by atoms with Crippen LogP contribution in [0.5, 0.6) is 5.75 Å². The van der Waals surface area contributed by atoms with E-state index in [9.17, 15) is 10.1 Å². The lowest BCUT2D eigenvalue weighted by atomic mass is 9.88. The van der Waals surface area contributed by atoms with Gasteiger partial charge in [0.25, 0.3) is 5.91 Å². The van der Waals surface area contributed by atoms with Gasteiger partial charge in [-0.15, -0.1) is 0 Å². The average Bonchev–Trinajstić information content (AvgIpc) is 3.44. The van der Waals surface area contributed by atoms with E-state index in [-0.39, 0.29) is 5.91 Å². The summed E-state index contributed by atoms with van der Waals surface area (Å²) in [7, 11) is 1.91. The van der Waals surface area contributed by atoms with Crippen LogP contribution in [0.3, 0.4) is 0 Å². The average molecular weight is 496 g/mol. The molecule has 1 aliphatic heterocycles. The quantitative estimate of drug-likeness (QED) is 0.386. The van der Waals surface area contributed by atoms with E-state index < -0.39 is 0 Å². The van der Waals surface area contributed by atoms with Crippen molar-refractivity contribution in [2.24, 2.45) is 7.05 Å². The Bertz CT molecular complexity index is 1530. The molecule has 1 aromatic carbocycles.